The molecule has 0 spiro atoms. The van der Waals surface area contributed by atoms with E-state index in [9.17, 15) is 0 Å². The molecule has 4 nitrogen and oxygen atoms in total. The normalized spacial score (nSPS) is 12.6. The van der Waals surface area contributed by atoms with Crippen LogP contribution in [0.5, 0.6) is 0 Å². The van der Waals surface area contributed by atoms with E-state index in [0.717, 1.165) is 12.0 Å². The van der Waals surface area contributed by atoms with E-state index in [0.29, 0.717) is 18.1 Å². The van der Waals surface area contributed by atoms with Crippen LogP contribution in [-0.4, -0.2) is 22.4 Å². The van der Waals surface area contributed by atoms with E-state index < -0.39 is 0 Å². The molecule has 2 N–H and O–H groups in total. The molecule has 96 valence electrons. The van der Waals surface area contributed by atoms with Gasteiger partial charge in [-0.15, -0.1) is 11.8 Å². The number of nitrogens with two attached hydrogens (primary N) is 1. The van der Waals surface area contributed by atoms with Gasteiger partial charge in [-0.25, -0.2) is 0 Å². The van der Waals surface area contributed by atoms with Gasteiger partial charge in [0, 0.05) is 22.9 Å². The number of hydrogen-bond acceptors (Lipinski definition) is 5. The topological polar surface area (TPSA) is 64.9 Å². The molecule has 0 radical (unpaired) electrons. The van der Waals surface area contributed by atoms with Crippen LogP contribution in [0.15, 0.2) is 33.7 Å². The Kier molecular flexibility index (Phi) is 4.38. The first-order valence-corrected chi connectivity index (χ1v) is 7.18. The SMILES string of the molecule is CCC(N)Cc1noc(-c2ccc(SC)cc2)n1. The van der Waals surface area contributed by atoms with Crippen LogP contribution in [0, 0.1) is 0 Å². The van der Waals surface area contributed by atoms with E-state index in [1.165, 1.54) is 4.90 Å². The zero-order valence-corrected chi connectivity index (χ0v) is 11.4. The summed E-state index contributed by atoms with van der Waals surface area (Å²) in [5.74, 6) is 1.23. The number of hydrogen-bond donors (Lipinski definition) is 1. The first-order valence-electron chi connectivity index (χ1n) is 5.95. The smallest absolute Gasteiger partial charge is 0.257 e. The molecule has 0 aliphatic heterocycles. The Labute approximate surface area is 111 Å². The molecular weight excluding hydrogens is 246 g/mol. The maximum atomic E-state index is 5.87. The number of thioether (sulfide) groups is 1. The Morgan fingerprint density at radius 1 is 1.33 bits per heavy atom. The Morgan fingerprint density at radius 3 is 2.67 bits per heavy atom. The summed E-state index contributed by atoms with van der Waals surface area (Å²) in [6, 6.07) is 8.16. The summed E-state index contributed by atoms with van der Waals surface area (Å²) in [4.78, 5) is 5.57. The van der Waals surface area contributed by atoms with Crippen molar-refractivity contribution in [1.82, 2.24) is 10.1 Å². The summed E-state index contributed by atoms with van der Waals surface area (Å²) in [5.41, 5.74) is 6.81. The third-order valence-corrected chi connectivity index (χ3v) is 3.52. The van der Waals surface area contributed by atoms with Gasteiger partial charge < -0.3 is 10.3 Å². The molecule has 0 aliphatic rings. The number of aromatic nitrogens is 2. The van der Waals surface area contributed by atoms with Gasteiger partial charge in [0.15, 0.2) is 5.82 Å². The second kappa shape index (κ2) is 6.02. The molecule has 2 rings (SSSR count). The van der Waals surface area contributed by atoms with Gasteiger partial charge in [0.05, 0.1) is 0 Å². The van der Waals surface area contributed by atoms with Gasteiger partial charge >= 0.3 is 0 Å². The predicted molar refractivity (Wildman–Crippen MR) is 73.5 cm³/mol. The van der Waals surface area contributed by atoms with Crippen LogP contribution in [0.1, 0.15) is 19.2 Å². The average Bonchev–Trinajstić information content (AvgIpc) is 2.87. The second-order valence-electron chi connectivity index (χ2n) is 4.12. The molecular formula is C13H17N3OS. The van der Waals surface area contributed by atoms with Gasteiger partial charge in [0.25, 0.3) is 5.89 Å². The number of benzene rings is 1. The fourth-order valence-corrected chi connectivity index (χ4v) is 1.97. The zero-order chi connectivity index (χ0) is 13.0. The van der Waals surface area contributed by atoms with Crippen molar-refractivity contribution in [3.8, 4) is 11.5 Å². The summed E-state index contributed by atoms with van der Waals surface area (Å²) in [7, 11) is 0. The van der Waals surface area contributed by atoms with Crippen LogP contribution in [-0.2, 0) is 6.42 Å². The summed E-state index contributed by atoms with van der Waals surface area (Å²) in [6.07, 6.45) is 3.61. The Morgan fingerprint density at radius 2 is 2.06 bits per heavy atom. The van der Waals surface area contributed by atoms with Crippen molar-refractivity contribution in [2.75, 3.05) is 6.26 Å². The van der Waals surface area contributed by atoms with Gasteiger partial charge in [-0.3, -0.25) is 0 Å². The minimum atomic E-state index is 0.0920. The highest BCUT2D eigenvalue weighted by Gasteiger charge is 2.11. The van der Waals surface area contributed by atoms with Crippen molar-refractivity contribution in [2.45, 2.75) is 30.7 Å². The monoisotopic (exact) mass is 263 g/mol. The molecule has 18 heavy (non-hydrogen) atoms. The lowest BCUT2D eigenvalue weighted by Gasteiger charge is -2.02. The van der Waals surface area contributed by atoms with E-state index in [-0.39, 0.29) is 6.04 Å². The summed E-state index contributed by atoms with van der Waals surface area (Å²) < 4.78 is 5.25. The van der Waals surface area contributed by atoms with Crippen LogP contribution in [0.2, 0.25) is 0 Å². The fourth-order valence-electron chi connectivity index (χ4n) is 1.57. The minimum Gasteiger partial charge on any atom is -0.334 e. The van der Waals surface area contributed by atoms with E-state index >= 15 is 0 Å². The molecule has 1 heterocycles. The first kappa shape index (κ1) is 13.1. The van der Waals surface area contributed by atoms with Gasteiger partial charge in [-0.1, -0.05) is 12.1 Å². The lowest BCUT2D eigenvalue weighted by molar-refractivity contribution is 0.419. The van der Waals surface area contributed by atoms with Crippen molar-refractivity contribution in [3.05, 3.63) is 30.1 Å². The molecule has 0 saturated heterocycles. The molecule has 1 atom stereocenters. The minimum absolute atomic E-state index is 0.0920. The van der Waals surface area contributed by atoms with Crippen LogP contribution in [0.25, 0.3) is 11.5 Å². The van der Waals surface area contributed by atoms with Crippen LogP contribution in [0.3, 0.4) is 0 Å². The van der Waals surface area contributed by atoms with E-state index in [1.54, 1.807) is 11.8 Å². The third-order valence-electron chi connectivity index (χ3n) is 2.77. The first-order chi connectivity index (χ1) is 8.72. The van der Waals surface area contributed by atoms with Crippen molar-refractivity contribution < 1.29 is 4.52 Å². The van der Waals surface area contributed by atoms with Crippen LogP contribution < -0.4 is 5.73 Å². The maximum Gasteiger partial charge on any atom is 0.257 e. The van der Waals surface area contributed by atoms with Gasteiger partial charge in [-0.05, 0) is 36.9 Å². The van der Waals surface area contributed by atoms with Gasteiger partial charge in [0.2, 0.25) is 0 Å². The second-order valence-corrected chi connectivity index (χ2v) is 5.00. The summed E-state index contributed by atoms with van der Waals surface area (Å²) in [5, 5.41) is 3.95. The lowest BCUT2D eigenvalue weighted by Crippen LogP contribution is -2.21. The van der Waals surface area contributed by atoms with Crippen LogP contribution in [0.4, 0.5) is 0 Å². The molecule has 0 fully saturated rings. The summed E-state index contributed by atoms with van der Waals surface area (Å²) >= 11 is 1.71. The molecule has 2 aromatic rings. The predicted octanol–water partition coefficient (Wildman–Crippen LogP) is 2.74. The molecule has 0 aliphatic carbocycles. The van der Waals surface area contributed by atoms with Crippen LogP contribution >= 0.6 is 11.8 Å². The molecule has 0 amide bonds. The van der Waals surface area contributed by atoms with Crippen molar-refractivity contribution >= 4 is 11.8 Å². The van der Waals surface area contributed by atoms with E-state index in [2.05, 4.69) is 10.1 Å². The molecule has 0 bridgehead atoms. The molecule has 1 aromatic heterocycles. The third kappa shape index (κ3) is 3.11. The number of nitrogens with zero attached hydrogens (tertiary/aromatic N) is 2. The largest absolute Gasteiger partial charge is 0.334 e. The lowest BCUT2D eigenvalue weighted by atomic mass is 10.1. The Hall–Kier alpha value is -1.33. The van der Waals surface area contributed by atoms with Gasteiger partial charge in [0.1, 0.15) is 0 Å². The Balaban J connectivity index is 2.13. The quantitative estimate of drug-likeness (QED) is 0.840. The van der Waals surface area contributed by atoms with Crippen molar-refractivity contribution in [2.24, 2.45) is 5.73 Å². The maximum absolute atomic E-state index is 5.87. The van der Waals surface area contributed by atoms with Crippen molar-refractivity contribution in [1.29, 1.82) is 0 Å². The van der Waals surface area contributed by atoms with E-state index in [4.69, 9.17) is 10.3 Å². The standard InChI is InChI=1S/C13H17N3OS/c1-3-10(14)8-12-15-13(17-16-12)9-4-6-11(18-2)7-5-9/h4-7,10H,3,8,14H2,1-2H3. The number of rotatable bonds is 5. The fraction of sp³-hybridized carbons (Fsp3) is 0.385. The van der Waals surface area contributed by atoms with Crippen molar-refractivity contribution in [3.63, 3.8) is 0 Å². The molecule has 5 heteroatoms. The molecule has 1 aromatic carbocycles. The molecule has 0 saturated carbocycles. The highest BCUT2D eigenvalue weighted by molar-refractivity contribution is 7.98. The molecule has 1 unspecified atom stereocenters. The average molecular weight is 263 g/mol. The van der Waals surface area contributed by atoms with Gasteiger partial charge in [-0.2, -0.15) is 4.98 Å². The Bertz CT molecular complexity index is 495. The highest BCUT2D eigenvalue weighted by atomic mass is 32.2. The summed E-state index contributed by atoms with van der Waals surface area (Å²) in [6.45, 7) is 2.05. The highest BCUT2D eigenvalue weighted by Crippen LogP contribution is 2.21. The zero-order valence-electron chi connectivity index (χ0n) is 10.6. The van der Waals surface area contributed by atoms with E-state index in [1.807, 2.05) is 37.4 Å².